The molecule has 0 aliphatic heterocycles. The molecule has 0 aromatic carbocycles. The van der Waals surface area contributed by atoms with E-state index in [2.05, 4.69) is 0 Å². The van der Waals surface area contributed by atoms with Crippen LogP contribution in [0, 0.1) is 0 Å². The van der Waals surface area contributed by atoms with Crippen LogP contribution in [-0.2, 0) is 0 Å². The highest BCUT2D eigenvalue weighted by atomic mass is 19.2. The first-order chi connectivity index (χ1) is 3.15. The molecule has 0 unspecified atom stereocenters. The summed E-state index contributed by atoms with van der Waals surface area (Å²) in [6.45, 7) is 0. The first-order valence-corrected chi connectivity index (χ1v) is 1.78. The summed E-state index contributed by atoms with van der Waals surface area (Å²) in [5, 5.41) is 0. The van der Waals surface area contributed by atoms with Crippen LogP contribution in [0.25, 0.3) is 0 Å². The van der Waals surface area contributed by atoms with E-state index in [0.29, 0.717) is 0 Å². The number of hydrogen-bond acceptors (Lipinski definition) is 1. The van der Waals surface area contributed by atoms with Gasteiger partial charge in [-0.25, -0.2) is 0 Å². The fourth-order valence-corrected chi connectivity index (χ4v) is 0. The highest BCUT2D eigenvalue weighted by molar-refractivity contribution is 6.15. The Balaban J connectivity index is 0. The number of rotatable bonds is 0. The van der Waals surface area contributed by atoms with Crippen molar-refractivity contribution in [1.29, 1.82) is 0 Å². The third-order valence-corrected chi connectivity index (χ3v) is 0. The molecule has 0 spiro atoms. The second kappa shape index (κ2) is 9.30. The number of halogens is 2. The maximum atomic E-state index is 9.50. The van der Waals surface area contributed by atoms with Crippen molar-refractivity contribution in [3.8, 4) is 0 Å². The molecule has 4 heteroatoms. The lowest BCUT2D eigenvalue weighted by Crippen LogP contribution is -1.99. The molecular formula is C3H9BF2N. The summed E-state index contributed by atoms with van der Waals surface area (Å²) >= 11 is 0. The Morgan fingerprint density at radius 1 is 1.14 bits per heavy atom. The molecule has 1 nitrogen and oxygen atoms in total. The molecule has 0 aliphatic rings. The molecule has 0 saturated carbocycles. The van der Waals surface area contributed by atoms with Crippen molar-refractivity contribution in [2.45, 2.75) is 0 Å². The number of nitrogens with zero attached hydrogens (tertiary/aromatic N) is 1. The van der Waals surface area contributed by atoms with Gasteiger partial charge < -0.3 is 4.90 Å². The Bertz CT molecular complexity index is 24.1. The van der Waals surface area contributed by atoms with Crippen molar-refractivity contribution in [2.75, 3.05) is 21.1 Å². The normalized spacial score (nSPS) is 7.14. The minimum Gasteiger partial charge on any atom is -0.312 e. The lowest BCUT2D eigenvalue weighted by atomic mass is 10.6. The van der Waals surface area contributed by atoms with Gasteiger partial charge in [-0.3, -0.25) is 8.63 Å². The summed E-state index contributed by atoms with van der Waals surface area (Å²) in [5.41, 5.74) is 0. The SMILES string of the molecule is CN(C)C.F[B]F. The third-order valence-electron chi connectivity index (χ3n) is 0. The van der Waals surface area contributed by atoms with Gasteiger partial charge in [0.1, 0.15) is 0 Å². The summed E-state index contributed by atoms with van der Waals surface area (Å²) in [4.78, 5) is 2.00. The van der Waals surface area contributed by atoms with E-state index in [0.717, 1.165) is 0 Å². The average Bonchev–Trinajstić information content (AvgIpc) is 1.33. The third kappa shape index (κ3) is 6710. The van der Waals surface area contributed by atoms with Crippen LogP contribution >= 0.6 is 0 Å². The molecule has 7 heavy (non-hydrogen) atoms. The molecule has 0 bridgehead atoms. The monoisotopic (exact) mass is 108 g/mol. The first-order valence-electron chi connectivity index (χ1n) is 1.78. The summed E-state index contributed by atoms with van der Waals surface area (Å²) in [5.74, 6) is 0. The van der Waals surface area contributed by atoms with E-state index in [1.165, 1.54) is 0 Å². The topological polar surface area (TPSA) is 3.24 Å². The second-order valence-electron chi connectivity index (χ2n) is 1.42. The van der Waals surface area contributed by atoms with Crippen LogP contribution in [0.2, 0.25) is 0 Å². The molecule has 0 fully saturated rings. The van der Waals surface area contributed by atoms with Gasteiger partial charge in [-0.15, -0.1) is 0 Å². The zero-order valence-corrected chi connectivity index (χ0v) is 4.78. The smallest absolute Gasteiger partial charge is 0.312 e. The van der Waals surface area contributed by atoms with Gasteiger partial charge in [0.05, 0.1) is 0 Å². The molecule has 0 aromatic rings. The van der Waals surface area contributed by atoms with E-state index in [1.54, 1.807) is 0 Å². The highest BCUT2D eigenvalue weighted by Crippen LogP contribution is 1.49. The van der Waals surface area contributed by atoms with Gasteiger partial charge in [0.25, 0.3) is 0 Å². The molecule has 0 aromatic heterocycles. The van der Waals surface area contributed by atoms with Crippen molar-refractivity contribution >= 4 is 7.83 Å². The van der Waals surface area contributed by atoms with Crippen molar-refractivity contribution in [3.05, 3.63) is 0 Å². The molecular weight excluding hydrogens is 98.8 g/mol. The summed E-state index contributed by atoms with van der Waals surface area (Å²) in [7, 11) is 5.00. The standard InChI is InChI=1S/C3H9N.BF2/c1-4(2)3;2-1-3/h1-3H3;. The fraction of sp³-hybridized carbons (Fsp3) is 1.00. The fourth-order valence-electron chi connectivity index (χ4n) is 0. The highest BCUT2D eigenvalue weighted by Gasteiger charge is 1.62. The minimum atomic E-state index is -1.00. The molecule has 0 atom stereocenters. The van der Waals surface area contributed by atoms with Crippen LogP contribution in [0.1, 0.15) is 0 Å². The van der Waals surface area contributed by atoms with Gasteiger partial charge in [0, 0.05) is 0 Å². The average molecular weight is 108 g/mol. The van der Waals surface area contributed by atoms with Gasteiger partial charge >= 0.3 is 7.83 Å². The maximum Gasteiger partial charge on any atom is 0.577 e. The van der Waals surface area contributed by atoms with Crippen molar-refractivity contribution in [3.63, 3.8) is 0 Å². The van der Waals surface area contributed by atoms with Gasteiger partial charge in [-0.05, 0) is 21.1 Å². The molecule has 43 valence electrons. The second-order valence-corrected chi connectivity index (χ2v) is 1.42. The predicted molar refractivity (Wildman–Crippen MR) is 27.6 cm³/mol. The van der Waals surface area contributed by atoms with Crippen molar-refractivity contribution < 1.29 is 8.63 Å². The van der Waals surface area contributed by atoms with Crippen LogP contribution in [0.4, 0.5) is 8.63 Å². The molecule has 0 N–H and O–H groups in total. The van der Waals surface area contributed by atoms with Crippen LogP contribution < -0.4 is 0 Å². The molecule has 0 rings (SSSR count). The minimum absolute atomic E-state index is 1.00. The Kier molecular flexibility index (Phi) is 13.3. The van der Waals surface area contributed by atoms with E-state index in [4.69, 9.17) is 0 Å². The van der Waals surface area contributed by atoms with E-state index in [9.17, 15) is 8.63 Å². The van der Waals surface area contributed by atoms with Gasteiger partial charge in [-0.2, -0.15) is 0 Å². The summed E-state index contributed by atoms with van der Waals surface area (Å²) < 4.78 is 19.0. The van der Waals surface area contributed by atoms with Crippen LogP contribution in [-0.4, -0.2) is 33.9 Å². The van der Waals surface area contributed by atoms with E-state index >= 15 is 0 Å². The Morgan fingerprint density at radius 2 is 1.14 bits per heavy atom. The van der Waals surface area contributed by atoms with E-state index in [1.807, 2.05) is 26.0 Å². The predicted octanol–water partition coefficient (Wildman–Crippen LogP) is 0.637. The lowest BCUT2D eigenvalue weighted by Gasteiger charge is -1.90. The van der Waals surface area contributed by atoms with E-state index in [-0.39, 0.29) is 0 Å². The zero-order valence-electron chi connectivity index (χ0n) is 4.78. The van der Waals surface area contributed by atoms with Gasteiger partial charge in [-0.1, -0.05) is 0 Å². The Hall–Kier alpha value is -0.115. The maximum absolute atomic E-state index is 9.50. The van der Waals surface area contributed by atoms with Crippen molar-refractivity contribution in [2.24, 2.45) is 0 Å². The Labute approximate surface area is 43.7 Å². The molecule has 0 aliphatic carbocycles. The van der Waals surface area contributed by atoms with Crippen LogP contribution in [0.15, 0.2) is 0 Å². The lowest BCUT2D eigenvalue weighted by molar-refractivity contribution is 0.505. The van der Waals surface area contributed by atoms with Gasteiger partial charge in [0.2, 0.25) is 0 Å². The largest absolute Gasteiger partial charge is 0.577 e. The quantitative estimate of drug-likeness (QED) is 0.411. The Morgan fingerprint density at radius 3 is 1.14 bits per heavy atom. The molecule has 0 heterocycles. The summed E-state index contributed by atoms with van der Waals surface area (Å²) in [6, 6.07) is 0. The zero-order chi connectivity index (χ0) is 6.28. The first kappa shape index (κ1) is 9.99. The molecule has 0 saturated heterocycles. The summed E-state index contributed by atoms with van der Waals surface area (Å²) in [6.07, 6.45) is 0. The van der Waals surface area contributed by atoms with Crippen molar-refractivity contribution in [1.82, 2.24) is 4.90 Å². The molecule has 0 amide bonds. The van der Waals surface area contributed by atoms with E-state index < -0.39 is 7.83 Å². The van der Waals surface area contributed by atoms with Crippen LogP contribution in [0.3, 0.4) is 0 Å². The molecule has 1 radical (unpaired) electrons. The number of hydrogen-bond donors (Lipinski definition) is 0. The van der Waals surface area contributed by atoms with Gasteiger partial charge in [0.15, 0.2) is 0 Å². The van der Waals surface area contributed by atoms with Crippen LogP contribution in [0.5, 0.6) is 0 Å².